The van der Waals surface area contributed by atoms with Gasteiger partial charge in [-0.15, -0.1) is 0 Å². The highest BCUT2D eigenvalue weighted by atomic mass is 16.5. The molecule has 25 heavy (non-hydrogen) atoms. The first-order valence-corrected chi connectivity index (χ1v) is 8.24. The summed E-state index contributed by atoms with van der Waals surface area (Å²) >= 11 is 0. The van der Waals surface area contributed by atoms with Gasteiger partial charge >= 0.3 is 0 Å². The van der Waals surface area contributed by atoms with E-state index in [0.717, 1.165) is 29.9 Å². The molecule has 1 saturated heterocycles. The second kappa shape index (κ2) is 7.01. The summed E-state index contributed by atoms with van der Waals surface area (Å²) in [6.07, 6.45) is 3.37. The van der Waals surface area contributed by atoms with Gasteiger partial charge in [0.05, 0.1) is 25.8 Å². The number of aryl methyl sites for hydroxylation is 1. The van der Waals surface area contributed by atoms with Gasteiger partial charge in [-0.3, -0.25) is 9.59 Å². The Morgan fingerprint density at radius 2 is 1.96 bits per heavy atom. The molecule has 0 saturated carbocycles. The molecule has 6 heteroatoms. The number of rotatable bonds is 4. The van der Waals surface area contributed by atoms with Crippen LogP contribution in [0, 0.1) is 0 Å². The maximum atomic E-state index is 13.0. The number of carbonyl (C=O) groups is 1. The number of methoxy groups -OCH3 is 2. The summed E-state index contributed by atoms with van der Waals surface area (Å²) in [6, 6.07) is 8.57. The molecule has 1 atom stereocenters. The Morgan fingerprint density at radius 3 is 2.64 bits per heavy atom. The number of ether oxygens (including phenoxy) is 2. The molecule has 132 valence electrons. The first-order valence-electron chi connectivity index (χ1n) is 8.24. The van der Waals surface area contributed by atoms with E-state index in [2.05, 4.69) is 0 Å². The predicted molar refractivity (Wildman–Crippen MR) is 94.2 cm³/mol. The van der Waals surface area contributed by atoms with Crippen molar-refractivity contribution in [1.29, 1.82) is 0 Å². The third-order valence-corrected chi connectivity index (χ3v) is 4.64. The molecule has 1 aliphatic heterocycles. The second-order valence-electron chi connectivity index (χ2n) is 6.13. The largest absolute Gasteiger partial charge is 0.497 e. The molecule has 2 heterocycles. The molecule has 3 rings (SSSR count). The van der Waals surface area contributed by atoms with Gasteiger partial charge in [0.25, 0.3) is 5.91 Å². The molecule has 0 spiro atoms. The summed E-state index contributed by atoms with van der Waals surface area (Å²) in [7, 11) is 4.89. The molecule has 1 fully saturated rings. The number of hydrogen-bond acceptors (Lipinski definition) is 4. The van der Waals surface area contributed by atoms with Crippen molar-refractivity contribution in [2.75, 3.05) is 20.8 Å². The summed E-state index contributed by atoms with van der Waals surface area (Å²) < 4.78 is 12.2. The molecule has 1 aromatic carbocycles. The van der Waals surface area contributed by atoms with Crippen molar-refractivity contribution in [3.05, 3.63) is 58.0 Å². The maximum Gasteiger partial charge on any atom is 0.255 e. The molecule has 0 N–H and O–H groups in total. The van der Waals surface area contributed by atoms with E-state index < -0.39 is 0 Å². The molecular weight excluding hydrogens is 320 g/mol. The molecule has 0 bridgehead atoms. The fourth-order valence-electron chi connectivity index (χ4n) is 3.32. The van der Waals surface area contributed by atoms with E-state index in [1.54, 1.807) is 33.5 Å². The average Bonchev–Trinajstić information content (AvgIpc) is 3.12. The van der Waals surface area contributed by atoms with E-state index in [-0.39, 0.29) is 17.5 Å². The minimum Gasteiger partial charge on any atom is -0.497 e. The Hall–Kier alpha value is -2.76. The molecule has 1 aliphatic rings. The van der Waals surface area contributed by atoms with Gasteiger partial charge in [-0.2, -0.15) is 0 Å². The summed E-state index contributed by atoms with van der Waals surface area (Å²) in [4.78, 5) is 26.4. The van der Waals surface area contributed by atoms with Crippen LogP contribution in [-0.2, 0) is 7.05 Å². The SMILES string of the molecule is COc1ccc(OC)c([C@H]2CCCN2C(=O)c2ccc(=O)n(C)c2)c1. The number of hydrogen-bond donors (Lipinski definition) is 0. The quantitative estimate of drug-likeness (QED) is 0.856. The van der Waals surface area contributed by atoms with Gasteiger partial charge in [-0.1, -0.05) is 0 Å². The van der Waals surface area contributed by atoms with Gasteiger partial charge in [-0.25, -0.2) is 0 Å². The van der Waals surface area contributed by atoms with Crippen LogP contribution in [0.3, 0.4) is 0 Å². The Labute approximate surface area is 146 Å². The number of benzene rings is 1. The van der Waals surface area contributed by atoms with Crippen LogP contribution < -0.4 is 15.0 Å². The molecule has 1 aromatic heterocycles. The number of likely N-dealkylation sites (tertiary alicyclic amines) is 1. The topological polar surface area (TPSA) is 60.8 Å². The summed E-state index contributed by atoms with van der Waals surface area (Å²) in [5, 5.41) is 0. The van der Waals surface area contributed by atoms with Crippen molar-refractivity contribution in [2.45, 2.75) is 18.9 Å². The van der Waals surface area contributed by atoms with Crippen molar-refractivity contribution in [3.63, 3.8) is 0 Å². The summed E-state index contributed by atoms with van der Waals surface area (Å²) in [5.74, 6) is 1.39. The Balaban J connectivity index is 1.96. The zero-order valence-electron chi connectivity index (χ0n) is 14.7. The van der Waals surface area contributed by atoms with Crippen molar-refractivity contribution < 1.29 is 14.3 Å². The van der Waals surface area contributed by atoms with Crippen LogP contribution in [0.2, 0.25) is 0 Å². The second-order valence-corrected chi connectivity index (χ2v) is 6.13. The van der Waals surface area contributed by atoms with Crippen molar-refractivity contribution in [2.24, 2.45) is 7.05 Å². The highest BCUT2D eigenvalue weighted by Crippen LogP contribution is 2.39. The molecule has 2 aromatic rings. The molecule has 1 amide bonds. The van der Waals surface area contributed by atoms with Crippen LogP contribution in [0.15, 0.2) is 41.3 Å². The van der Waals surface area contributed by atoms with Gasteiger partial charge in [0.15, 0.2) is 0 Å². The minimum atomic E-state index is -0.135. The van der Waals surface area contributed by atoms with Crippen LogP contribution in [-0.4, -0.2) is 36.1 Å². The fraction of sp³-hybridized carbons (Fsp3) is 0.368. The van der Waals surface area contributed by atoms with Gasteiger partial charge in [-0.05, 0) is 37.1 Å². The smallest absolute Gasteiger partial charge is 0.255 e. The van der Waals surface area contributed by atoms with E-state index in [9.17, 15) is 9.59 Å². The maximum absolute atomic E-state index is 13.0. The van der Waals surface area contributed by atoms with Crippen LogP contribution in [0.25, 0.3) is 0 Å². The molecular formula is C19H22N2O4. The first-order chi connectivity index (χ1) is 12.0. The zero-order valence-corrected chi connectivity index (χ0v) is 14.7. The highest BCUT2D eigenvalue weighted by Gasteiger charge is 2.32. The van der Waals surface area contributed by atoms with E-state index in [1.165, 1.54) is 10.6 Å². The lowest BCUT2D eigenvalue weighted by molar-refractivity contribution is 0.0733. The van der Waals surface area contributed by atoms with Gasteiger partial charge in [0.2, 0.25) is 5.56 Å². The van der Waals surface area contributed by atoms with E-state index in [0.29, 0.717) is 12.1 Å². The van der Waals surface area contributed by atoms with Gasteiger partial charge < -0.3 is 18.9 Å². The predicted octanol–water partition coefficient (Wildman–Crippen LogP) is 2.38. The number of carbonyl (C=O) groups excluding carboxylic acids is 1. The van der Waals surface area contributed by atoms with Gasteiger partial charge in [0, 0.05) is 31.4 Å². The van der Waals surface area contributed by atoms with E-state index in [4.69, 9.17) is 9.47 Å². The molecule has 0 aliphatic carbocycles. The highest BCUT2D eigenvalue weighted by molar-refractivity contribution is 5.94. The van der Waals surface area contributed by atoms with Gasteiger partial charge in [0.1, 0.15) is 11.5 Å². The minimum absolute atomic E-state index is 0.0743. The van der Waals surface area contributed by atoms with Crippen molar-refractivity contribution in [1.82, 2.24) is 9.47 Å². The number of pyridine rings is 1. The van der Waals surface area contributed by atoms with Crippen molar-refractivity contribution >= 4 is 5.91 Å². The van der Waals surface area contributed by atoms with Crippen LogP contribution >= 0.6 is 0 Å². The summed E-state index contributed by atoms with van der Waals surface area (Å²) in [6.45, 7) is 0.673. The van der Waals surface area contributed by atoms with E-state index in [1.807, 2.05) is 23.1 Å². The fourth-order valence-corrected chi connectivity index (χ4v) is 3.32. The Morgan fingerprint density at radius 1 is 1.16 bits per heavy atom. The third kappa shape index (κ3) is 3.24. The monoisotopic (exact) mass is 342 g/mol. The average molecular weight is 342 g/mol. The van der Waals surface area contributed by atoms with Crippen LogP contribution in [0.4, 0.5) is 0 Å². The zero-order chi connectivity index (χ0) is 18.0. The summed E-state index contributed by atoms with van der Waals surface area (Å²) in [5.41, 5.74) is 1.32. The lowest BCUT2D eigenvalue weighted by Gasteiger charge is -2.27. The van der Waals surface area contributed by atoms with Crippen LogP contribution in [0.1, 0.15) is 34.8 Å². The molecule has 6 nitrogen and oxygen atoms in total. The molecule has 0 unspecified atom stereocenters. The number of amides is 1. The number of aromatic nitrogens is 1. The lowest BCUT2D eigenvalue weighted by atomic mass is 10.0. The number of nitrogens with zero attached hydrogens (tertiary/aromatic N) is 2. The van der Waals surface area contributed by atoms with E-state index >= 15 is 0 Å². The Kier molecular flexibility index (Phi) is 4.79. The lowest BCUT2D eigenvalue weighted by Crippen LogP contribution is -2.31. The first kappa shape index (κ1) is 17.1. The molecule has 0 radical (unpaired) electrons. The Bertz CT molecular complexity index is 844. The normalized spacial score (nSPS) is 16.8. The standard InChI is InChI=1S/C19H22N2O4/c1-20-12-13(6-9-18(20)22)19(23)21-10-4-5-16(21)15-11-14(24-2)7-8-17(15)25-3/h6-9,11-12,16H,4-5,10H2,1-3H3/t16-/m1/s1. The van der Waals surface area contributed by atoms with Crippen LogP contribution in [0.5, 0.6) is 11.5 Å². The third-order valence-electron chi connectivity index (χ3n) is 4.64. The van der Waals surface area contributed by atoms with Crippen molar-refractivity contribution in [3.8, 4) is 11.5 Å².